The first-order valence-corrected chi connectivity index (χ1v) is 8.78. The molecule has 2 aromatic carbocycles. The maximum atomic E-state index is 12.8. The number of ether oxygens (including phenoxy) is 1. The number of fused-ring (bicyclic) bond motifs is 1. The molecule has 26 heavy (non-hydrogen) atoms. The summed E-state index contributed by atoms with van der Waals surface area (Å²) < 4.78 is 5.21. The fraction of sp³-hybridized carbons (Fsp3) is 0.238. The van der Waals surface area contributed by atoms with Crippen molar-refractivity contribution < 1.29 is 9.53 Å². The number of hydrogen-bond donors (Lipinski definition) is 0. The highest BCUT2D eigenvalue weighted by Gasteiger charge is 2.22. The lowest BCUT2D eigenvalue weighted by Crippen LogP contribution is -2.48. The molecule has 5 nitrogen and oxygen atoms in total. The Morgan fingerprint density at radius 3 is 2.50 bits per heavy atom. The molecule has 0 atom stereocenters. The van der Waals surface area contributed by atoms with E-state index in [0.717, 1.165) is 54.1 Å². The summed E-state index contributed by atoms with van der Waals surface area (Å²) >= 11 is 0. The van der Waals surface area contributed by atoms with E-state index >= 15 is 0 Å². The third-order valence-corrected chi connectivity index (χ3v) is 4.85. The molecule has 0 saturated carbocycles. The Balaban J connectivity index is 1.43. The van der Waals surface area contributed by atoms with E-state index in [4.69, 9.17) is 4.74 Å². The molecule has 0 radical (unpaired) electrons. The van der Waals surface area contributed by atoms with Gasteiger partial charge in [-0.2, -0.15) is 0 Å². The van der Waals surface area contributed by atoms with Gasteiger partial charge >= 0.3 is 0 Å². The van der Waals surface area contributed by atoms with Crippen LogP contribution in [0.1, 0.15) is 10.4 Å². The van der Waals surface area contributed by atoms with Crippen LogP contribution in [-0.4, -0.2) is 49.1 Å². The molecule has 1 fully saturated rings. The highest BCUT2D eigenvalue weighted by molar-refractivity contribution is 5.98. The Morgan fingerprint density at radius 1 is 1.00 bits per heavy atom. The average Bonchev–Trinajstić information content (AvgIpc) is 2.73. The number of amides is 1. The highest BCUT2D eigenvalue weighted by Crippen LogP contribution is 2.21. The van der Waals surface area contributed by atoms with Crippen LogP contribution in [-0.2, 0) is 0 Å². The molecule has 1 aliphatic heterocycles. The SMILES string of the molecule is COc1ccc(N2CCN(C(=O)c3ccc4ncccc4c3)CC2)cc1. The molecular formula is C21H21N3O2. The normalized spacial score (nSPS) is 14.5. The van der Waals surface area contributed by atoms with Crippen LogP contribution in [0.25, 0.3) is 10.9 Å². The van der Waals surface area contributed by atoms with Crippen LogP contribution in [0, 0.1) is 0 Å². The number of pyridine rings is 1. The quantitative estimate of drug-likeness (QED) is 0.730. The van der Waals surface area contributed by atoms with E-state index in [1.54, 1.807) is 13.3 Å². The number of nitrogens with zero attached hydrogens (tertiary/aromatic N) is 3. The van der Waals surface area contributed by atoms with Gasteiger partial charge in [-0.1, -0.05) is 6.07 Å². The molecule has 0 spiro atoms. The van der Waals surface area contributed by atoms with Gasteiger partial charge < -0.3 is 14.5 Å². The van der Waals surface area contributed by atoms with Crippen molar-refractivity contribution in [2.45, 2.75) is 0 Å². The van der Waals surface area contributed by atoms with E-state index in [-0.39, 0.29) is 5.91 Å². The summed E-state index contributed by atoms with van der Waals surface area (Å²) in [6, 6.07) is 17.7. The fourth-order valence-corrected chi connectivity index (χ4v) is 3.35. The van der Waals surface area contributed by atoms with Gasteiger partial charge in [0.15, 0.2) is 0 Å². The summed E-state index contributed by atoms with van der Waals surface area (Å²) in [6.45, 7) is 3.09. The second-order valence-corrected chi connectivity index (χ2v) is 6.39. The Kier molecular flexibility index (Phi) is 4.44. The Labute approximate surface area is 152 Å². The smallest absolute Gasteiger partial charge is 0.253 e. The van der Waals surface area contributed by atoms with Crippen molar-refractivity contribution in [3.05, 3.63) is 66.4 Å². The Hall–Kier alpha value is -3.08. The molecule has 1 amide bonds. The molecule has 3 aromatic rings. The monoisotopic (exact) mass is 347 g/mol. The van der Waals surface area contributed by atoms with Crippen LogP contribution in [0.4, 0.5) is 5.69 Å². The zero-order valence-electron chi connectivity index (χ0n) is 14.8. The van der Waals surface area contributed by atoms with Gasteiger partial charge in [-0.25, -0.2) is 0 Å². The molecule has 5 heteroatoms. The zero-order valence-corrected chi connectivity index (χ0v) is 14.8. The number of carbonyl (C=O) groups excluding carboxylic acids is 1. The summed E-state index contributed by atoms with van der Waals surface area (Å²) in [7, 11) is 1.67. The van der Waals surface area contributed by atoms with Crippen molar-refractivity contribution in [3.63, 3.8) is 0 Å². The van der Waals surface area contributed by atoms with Gasteiger partial charge in [-0.15, -0.1) is 0 Å². The summed E-state index contributed by atoms with van der Waals surface area (Å²) in [6.07, 6.45) is 1.77. The molecule has 0 unspecified atom stereocenters. The molecule has 2 heterocycles. The Bertz CT molecular complexity index is 916. The van der Waals surface area contributed by atoms with E-state index < -0.39 is 0 Å². The van der Waals surface area contributed by atoms with Gasteiger partial charge in [-0.3, -0.25) is 9.78 Å². The van der Waals surface area contributed by atoms with Gasteiger partial charge in [0.05, 0.1) is 12.6 Å². The topological polar surface area (TPSA) is 45.7 Å². The minimum Gasteiger partial charge on any atom is -0.497 e. The van der Waals surface area contributed by atoms with E-state index in [1.807, 2.05) is 47.4 Å². The summed E-state index contributed by atoms with van der Waals surface area (Å²) in [5.74, 6) is 0.943. The molecule has 0 bridgehead atoms. The van der Waals surface area contributed by atoms with Crippen molar-refractivity contribution >= 4 is 22.5 Å². The molecule has 132 valence electrons. The van der Waals surface area contributed by atoms with Crippen molar-refractivity contribution in [2.75, 3.05) is 38.2 Å². The lowest BCUT2D eigenvalue weighted by Gasteiger charge is -2.36. The number of carbonyl (C=O) groups is 1. The lowest BCUT2D eigenvalue weighted by molar-refractivity contribution is 0.0747. The average molecular weight is 347 g/mol. The van der Waals surface area contributed by atoms with Gasteiger partial charge in [0.25, 0.3) is 5.91 Å². The zero-order chi connectivity index (χ0) is 17.9. The van der Waals surface area contributed by atoms with E-state index in [9.17, 15) is 4.79 Å². The first kappa shape index (κ1) is 16.4. The van der Waals surface area contributed by atoms with Crippen LogP contribution in [0.2, 0.25) is 0 Å². The van der Waals surface area contributed by atoms with E-state index in [0.29, 0.717) is 0 Å². The first-order valence-electron chi connectivity index (χ1n) is 8.78. The van der Waals surface area contributed by atoms with Crippen LogP contribution in [0.15, 0.2) is 60.8 Å². The maximum Gasteiger partial charge on any atom is 0.253 e. The third kappa shape index (κ3) is 3.20. The minimum atomic E-state index is 0.0881. The second kappa shape index (κ2) is 7.04. The molecule has 4 rings (SSSR count). The number of hydrogen-bond acceptors (Lipinski definition) is 4. The standard InChI is InChI=1S/C21H21N3O2/c1-26-19-7-5-18(6-8-19)23-11-13-24(14-12-23)21(25)17-4-9-20-16(15-17)3-2-10-22-20/h2-10,15H,11-14H2,1H3. The maximum absolute atomic E-state index is 12.8. The fourth-order valence-electron chi connectivity index (χ4n) is 3.35. The number of aromatic nitrogens is 1. The highest BCUT2D eigenvalue weighted by atomic mass is 16.5. The molecule has 0 N–H and O–H groups in total. The van der Waals surface area contributed by atoms with Crippen LogP contribution < -0.4 is 9.64 Å². The van der Waals surface area contributed by atoms with Crippen molar-refractivity contribution in [3.8, 4) is 5.75 Å². The summed E-state index contributed by atoms with van der Waals surface area (Å²) in [4.78, 5) is 21.4. The number of anilines is 1. The predicted molar refractivity (Wildman–Crippen MR) is 103 cm³/mol. The second-order valence-electron chi connectivity index (χ2n) is 6.39. The molecule has 0 aliphatic carbocycles. The number of rotatable bonds is 3. The van der Waals surface area contributed by atoms with Crippen LogP contribution in [0.3, 0.4) is 0 Å². The molecule has 1 aromatic heterocycles. The van der Waals surface area contributed by atoms with Gasteiger partial charge in [-0.05, 0) is 48.5 Å². The number of piperazine rings is 1. The van der Waals surface area contributed by atoms with Crippen molar-refractivity contribution in [1.29, 1.82) is 0 Å². The van der Waals surface area contributed by atoms with Gasteiger partial charge in [0, 0.05) is 49.0 Å². The molecule has 1 saturated heterocycles. The number of methoxy groups -OCH3 is 1. The first-order chi connectivity index (χ1) is 12.7. The van der Waals surface area contributed by atoms with Crippen LogP contribution in [0.5, 0.6) is 5.75 Å². The predicted octanol–water partition coefficient (Wildman–Crippen LogP) is 3.21. The lowest BCUT2D eigenvalue weighted by atomic mass is 10.1. The van der Waals surface area contributed by atoms with E-state index in [2.05, 4.69) is 22.0 Å². The minimum absolute atomic E-state index is 0.0881. The Morgan fingerprint density at radius 2 is 1.77 bits per heavy atom. The van der Waals surface area contributed by atoms with Crippen LogP contribution >= 0.6 is 0 Å². The summed E-state index contributed by atoms with van der Waals surface area (Å²) in [5, 5.41) is 0.996. The van der Waals surface area contributed by atoms with Gasteiger partial charge in [0.2, 0.25) is 0 Å². The third-order valence-electron chi connectivity index (χ3n) is 4.85. The largest absolute Gasteiger partial charge is 0.497 e. The molecule has 1 aliphatic rings. The summed E-state index contributed by atoms with van der Waals surface area (Å²) in [5.41, 5.74) is 2.80. The van der Waals surface area contributed by atoms with Gasteiger partial charge in [0.1, 0.15) is 5.75 Å². The number of benzene rings is 2. The van der Waals surface area contributed by atoms with E-state index in [1.165, 1.54) is 0 Å². The van der Waals surface area contributed by atoms with Crippen molar-refractivity contribution in [2.24, 2.45) is 0 Å². The molecular weight excluding hydrogens is 326 g/mol. The van der Waals surface area contributed by atoms with Crippen molar-refractivity contribution in [1.82, 2.24) is 9.88 Å².